The van der Waals surface area contributed by atoms with Gasteiger partial charge in [-0.15, -0.1) is 5.10 Å². The molecule has 0 radical (unpaired) electrons. The molecule has 0 aliphatic carbocycles. The smallest absolute Gasteiger partial charge is 0.242 e. The molecule has 0 saturated carbocycles. The third kappa shape index (κ3) is 3.87. The van der Waals surface area contributed by atoms with E-state index in [1.165, 1.54) is 11.8 Å². The van der Waals surface area contributed by atoms with E-state index in [1.54, 1.807) is 11.1 Å². The van der Waals surface area contributed by atoms with Gasteiger partial charge in [-0.3, -0.25) is 9.69 Å². The number of benzene rings is 2. The molecule has 0 spiro atoms. The van der Waals surface area contributed by atoms with Crippen molar-refractivity contribution in [3.63, 3.8) is 0 Å². The first-order valence-electron chi connectivity index (χ1n) is 7.42. The Bertz CT molecular complexity index is 728. The Morgan fingerprint density at radius 3 is 2.43 bits per heavy atom. The fraction of sp³-hybridized carbons (Fsp3) is 0.167. The minimum atomic E-state index is -0.121. The van der Waals surface area contributed by atoms with Crippen molar-refractivity contribution in [1.29, 1.82) is 0 Å². The molecule has 0 unspecified atom stereocenters. The van der Waals surface area contributed by atoms with Crippen LogP contribution in [0.5, 0.6) is 0 Å². The van der Waals surface area contributed by atoms with Crippen LogP contribution in [0, 0.1) is 0 Å². The van der Waals surface area contributed by atoms with Crippen molar-refractivity contribution in [3.8, 4) is 0 Å². The summed E-state index contributed by atoms with van der Waals surface area (Å²) >= 11 is 1.45. The number of hydrogen-bond acceptors (Lipinski definition) is 4. The monoisotopic (exact) mass is 323 g/mol. The topological polar surface area (TPSA) is 45.0 Å². The van der Waals surface area contributed by atoms with Gasteiger partial charge in [-0.25, -0.2) is 0 Å². The van der Waals surface area contributed by atoms with Crippen molar-refractivity contribution >= 4 is 29.1 Å². The third-order valence-corrected chi connectivity index (χ3v) is 4.53. The van der Waals surface area contributed by atoms with Crippen LogP contribution in [0.1, 0.15) is 18.1 Å². The van der Waals surface area contributed by atoms with Gasteiger partial charge in [-0.1, -0.05) is 72.4 Å². The fourth-order valence-electron chi connectivity index (χ4n) is 2.26. The predicted molar refractivity (Wildman–Crippen MR) is 95.5 cm³/mol. The number of hydrogen-bond donors (Lipinski definition) is 0. The number of carbonyl (C=O) groups is 1. The molecule has 0 bridgehead atoms. The molecule has 2 aromatic rings. The molecule has 1 fully saturated rings. The van der Waals surface area contributed by atoms with Crippen LogP contribution in [0.4, 0.5) is 0 Å². The second kappa shape index (κ2) is 7.24. The van der Waals surface area contributed by atoms with Gasteiger partial charge < -0.3 is 0 Å². The number of rotatable bonds is 4. The lowest BCUT2D eigenvalue weighted by molar-refractivity contribution is -0.126. The number of carbonyl (C=O) groups excluding carboxylic acids is 1. The van der Waals surface area contributed by atoms with Gasteiger partial charge in [0, 0.05) is 0 Å². The molecule has 5 heteroatoms. The van der Waals surface area contributed by atoms with E-state index in [-0.39, 0.29) is 11.2 Å². The zero-order chi connectivity index (χ0) is 16.1. The minimum absolute atomic E-state index is 0.0764. The van der Waals surface area contributed by atoms with Crippen molar-refractivity contribution in [1.82, 2.24) is 4.90 Å². The van der Waals surface area contributed by atoms with Crippen LogP contribution in [0.25, 0.3) is 0 Å². The Kier molecular flexibility index (Phi) is 4.88. The molecule has 1 aliphatic rings. The molecule has 0 N–H and O–H groups in total. The van der Waals surface area contributed by atoms with E-state index in [4.69, 9.17) is 0 Å². The highest BCUT2D eigenvalue weighted by Gasteiger charge is 2.35. The van der Waals surface area contributed by atoms with E-state index in [2.05, 4.69) is 10.2 Å². The molecule has 23 heavy (non-hydrogen) atoms. The van der Waals surface area contributed by atoms with E-state index in [0.717, 1.165) is 11.1 Å². The molecule has 1 atom stereocenters. The Balaban J connectivity index is 1.77. The standard InChI is InChI=1S/C18H17N3OS/c1-14-17(22)21(13-16-10-6-3-7-11-16)18(23-14)20-19-12-15-8-4-2-5-9-15/h2-12,14H,13H2,1H3/b19-12-,20-18-/t14-/m1/s1. The van der Waals surface area contributed by atoms with Crippen LogP contribution < -0.4 is 0 Å². The predicted octanol–water partition coefficient (Wildman–Crippen LogP) is 3.54. The largest absolute Gasteiger partial charge is 0.284 e. The van der Waals surface area contributed by atoms with Crippen LogP contribution in [-0.4, -0.2) is 27.4 Å². The Morgan fingerprint density at radius 1 is 1.09 bits per heavy atom. The molecular weight excluding hydrogens is 306 g/mol. The van der Waals surface area contributed by atoms with E-state index in [0.29, 0.717) is 11.7 Å². The van der Waals surface area contributed by atoms with Crippen LogP contribution in [0.15, 0.2) is 70.9 Å². The first-order valence-corrected chi connectivity index (χ1v) is 8.30. The third-order valence-electron chi connectivity index (χ3n) is 3.46. The van der Waals surface area contributed by atoms with Gasteiger partial charge in [0.2, 0.25) is 5.91 Å². The van der Waals surface area contributed by atoms with Gasteiger partial charge in [0.1, 0.15) is 0 Å². The Morgan fingerprint density at radius 2 is 1.74 bits per heavy atom. The highest BCUT2D eigenvalue weighted by atomic mass is 32.2. The molecule has 2 aromatic carbocycles. The number of thioether (sulfide) groups is 1. The van der Waals surface area contributed by atoms with Crippen molar-refractivity contribution < 1.29 is 4.79 Å². The number of nitrogens with zero attached hydrogens (tertiary/aromatic N) is 3. The maximum absolute atomic E-state index is 12.3. The van der Waals surface area contributed by atoms with Gasteiger partial charge in [0.05, 0.1) is 18.0 Å². The highest BCUT2D eigenvalue weighted by molar-refractivity contribution is 8.15. The van der Waals surface area contributed by atoms with Crippen molar-refractivity contribution in [2.24, 2.45) is 10.2 Å². The Labute approximate surface area is 139 Å². The molecule has 0 aromatic heterocycles. The lowest BCUT2D eigenvalue weighted by atomic mass is 10.2. The van der Waals surface area contributed by atoms with Gasteiger partial charge in [-0.2, -0.15) is 5.10 Å². The summed E-state index contributed by atoms with van der Waals surface area (Å²) in [4.78, 5) is 14.0. The molecular formula is C18H17N3OS. The summed E-state index contributed by atoms with van der Waals surface area (Å²) in [6, 6.07) is 19.7. The average Bonchev–Trinajstić information content (AvgIpc) is 2.85. The molecule has 1 saturated heterocycles. The molecule has 4 nitrogen and oxygen atoms in total. The van der Waals surface area contributed by atoms with Crippen molar-refractivity contribution in [2.45, 2.75) is 18.7 Å². The van der Waals surface area contributed by atoms with Crippen molar-refractivity contribution in [3.05, 3.63) is 71.8 Å². The van der Waals surface area contributed by atoms with Gasteiger partial charge in [-0.05, 0) is 18.1 Å². The summed E-state index contributed by atoms with van der Waals surface area (Å²) in [6.07, 6.45) is 1.70. The summed E-state index contributed by atoms with van der Waals surface area (Å²) < 4.78 is 0. The van der Waals surface area contributed by atoms with Gasteiger partial charge >= 0.3 is 0 Å². The second-order valence-corrected chi connectivity index (χ2v) is 6.52. The normalized spacial score (nSPS) is 19.9. The van der Waals surface area contributed by atoms with Crippen molar-refractivity contribution in [2.75, 3.05) is 0 Å². The average molecular weight is 323 g/mol. The second-order valence-electron chi connectivity index (χ2n) is 5.21. The van der Waals surface area contributed by atoms with E-state index >= 15 is 0 Å². The first-order chi connectivity index (χ1) is 11.2. The van der Waals surface area contributed by atoms with Crippen LogP contribution in [-0.2, 0) is 11.3 Å². The number of amides is 1. The minimum Gasteiger partial charge on any atom is -0.284 e. The maximum Gasteiger partial charge on any atom is 0.242 e. The van der Waals surface area contributed by atoms with Crippen LogP contribution in [0.2, 0.25) is 0 Å². The molecule has 3 rings (SSSR count). The van der Waals surface area contributed by atoms with E-state index in [1.807, 2.05) is 67.6 Å². The molecule has 116 valence electrons. The van der Waals surface area contributed by atoms with E-state index < -0.39 is 0 Å². The summed E-state index contributed by atoms with van der Waals surface area (Å²) in [6.45, 7) is 2.42. The summed E-state index contributed by atoms with van der Waals surface area (Å²) in [7, 11) is 0. The fourth-order valence-corrected chi connectivity index (χ4v) is 3.18. The van der Waals surface area contributed by atoms with Gasteiger partial charge in [0.15, 0.2) is 5.17 Å². The summed E-state index contributed by atoms with van der Waals surface area (Å²) in [5.41, 5.74) is 2.06. The van der Waals surface area contributed by atoms with Crippen LogP contribution in [0.3, 0.4) is 0 Å². The summed E-state index contributed by atoms with van der Waals surface area (Å²) in [5, 5.41) is 8.91. The maximum atomic E-state index is 12.3. The first kappa shape index (κ1) is 15.5. The van der Waals surface area contributed by atoms with E-state index in [9.17, 15) is 4.79 Å². The molecule has 1 heterocycles. The molecule has 1 amide bonds. The van der Waals surface area contributed by atoms with Gasteiger partial charge in [0.25, 0.3) is 0 Å². The number of amidine groups is 1. The summed E-state index contributed by atoms with van der Waals surface area (Å²) in [5.74, 6) is 0.0764. The molecule has 1 aliphatic heterocycles. The zero-order valence-electron chi connectivity index (χ0n) is 12.8. The lowest BCUT2D eigenvalue weighted by Gasteiger charge is -2.15. The quantitative estimate of drug-likeness (QED) is 0.638. The van der Waals surface area contributed by atoms with Crippen LogP contribution >= 0.6 is 11.8 Å². The SMILES string of the molecule is C[C@H]1S/C(=N\N=C/c2ccccc2)N(Cc2ccccc2)C1=O. The zero-order valence-corrected chi connectivity index (χ0v) is 13.6. The lowest BCUT2D eigenvalue weighted by Crippen LogP contribution is -2.30. The Hall–Kier alpha value is -2.40. The highest BCUT2D eigenvalue weighted by Crippen LogP contribution is 2.28.